The van der Waals surface area contributed by atoms with E-state index in [-0.39, 0.29) is 0 Å². The van der Waals surface area contributed by atoms with Crippen LogP contribution in [-0.4, -0.2) is 63.9 Å². The largest absolute Gasteiger partial charge is 0.356 e. The first kappa shape index (κ1) is 17.9. The standard InChI is InChI=1S/C21H31N7/c1-16-22-20(27-8-3-4-9-27)14-21(23-16)28-12-10-26(11-13-28)15-19-17-6-5-7-18(17)24-25(19)2/h14H,3-13,15H2,1-2H3. The number of anilines is 2. The molecule has 4 heterocycles. The van der Waals surface area contributed by atoms with Crippen LogP contribution >= 0.6 is 0 Å². The summed E-state index contributed by atoms with van der Waals surface area (Å²) in [6.07, 6.45) is 6.18. The minimum absolute atomic E-state index is 0.882. The molecule has 7 nitrogen and oxygen atoms in total. The number of piperazine rings is 1. The second kappa shape index (κ2) is 7.35. The van der Waals surface area contributed by atoms with Crippen molar-refractivity contribution in [2.24, 2.45) is 7.05 Å². The maximum Gasteiger partial charge on any atom is 0.134 e. The van der Waals surface area contributed by atoms with Gasteiger partial charge in [-0.15, -0.1) is 0 Å². The summed E-state index contributed by atoms with van der Waals surface area (Å²) in [6, 6.07) is 2.20. The molecule has 0 bridgehead atoms. The first-order valence-corrected chi connectivity index (χ1v) is 10.8. The Hall–Kier alpha value is -2.15. The Bertz CT molecular complexity index is 845. The molecule has 0 aromatic carbocycles. The van der Waals surface area contributed by atoms with E-state index in [0.29, 0.717) is 0 Å². The molecule has 0 amide bonds. The van der Waals surface area contributed by atoms with Gasteiger partial charge in [0.15, 0.2) is 0 Å². The molecule has 2 aromatic heterocycles. The molecule has 0 atom stereocenters. The summed E-state index contributed by atoms with van der Waals surface area (Å²) in [7, 11) is 2.10. The second-order valence-electron chi connectivity index (χ2n) is 8.44. The third kappa shape index (κ3) is 3.36. The minimum Gasteiger partial charge on any atom is -0.356 e. The van der Waals surface area contributed by atoms with Gasteiger partial charge in [-0.2, -0.15) is 5.10 Å². The Labute approximate surface area is 167 Å². The Balaban J connectivity index is 1.25. The zero-order valence-electron chi connectivity index (χ0n) is 17.2. The lowest BCUT2D eigenvalue weighted by Gasteiger charge is -2.35. The van der Waals surface area contributed by atoms with Gasteiger partial charge in [-0.3, -0.25) is 9.58 Å². The molecule has 2 saturated heterocycles. The van der Waals surface area contributed by atoms with Gasteiger partial charge in [0, 0.05) is 58.9 Å². The third-order valence-electron chi connectivity index (χ3n) is 6.51. The lowest BCUT2D eigenvalue weighted by Crippen LogP contribution is -2.46. The molecular weight excluding hydrogens is 350 g/mol. The van der Waals surface area contributed by atoms with E-state index in [9.17, 15) is 0 Å². The van der Waals surface area contributed by atoms with Crippen LogP contribution in [0.25, 0.3) is 0 Å². The molecule has 0 spiro atoms. The number of hydrogen-bond acceptors (Lipinski definition) is 6. The molecule has 2 aliphatic heterocycles. The lowest BCUT2D eigenvalue weighted by atomic mass is 10.2. The number of hydrogen-bond donors (Lipinski definition) is 0. The molecule has 7 heteroatoms. The fraction of sp³-hybridized carbons (Fsp3) is 0.667. The van der Waals surface area contributed by atoms with E-state index in [1.165, 1.54) is 42.6 Å². The lowest BCUT2D eigenvalue weighted by molar-refractivity contribution is 0.242. The summed E-state index contributed by atoms with van der Waals surface area (Å²) >= 11 is 0. The maximum atomic E-state index is 4.75. The molecule has 2 aromatic rings. The second-order valence-corrected chi connectivity index (χ2v) is 8.44. The Morgan fingerprint density at radius 2 is 1.54 bits per heavy atom. The smallest absolute Gasteiger partial charge is 0.134 e. The highest BCUT2D eigenvalue weighted by Gasteiger charge is 2.25. The Morgan fingerprint density at radius 1 is 0.857 bits per heavy atom. The predicted octanol–water partition coefficient (Wildman–Crippen LogP) is 1.93. The van der Waals surface area contributed by atoms with E-state index in [0.717, 1.165) is 69.7 Å². The van der Waals surface area contributed by atoms with E-state index >= 15 is 0 Å². The number of fused-ring (bicyclic) bond motifs is 1. The van der Waals surface area contributed by atoms with Gasteiger partial charge >= 0.3 is 0 Å². The molecule has 0 unspecified atom stereocenters. The van der Waals surface area contributed by atoms with Crippen LogP contribution in [-0.2, 0) is 26.4 Å². The van der Waals surface area contributed by atoms with Crippen LogP contribution in [0.5, 0.6) is 0 Å². The van der Waals surface area contributed by atoms with Gasteiger partial charge in [0.05, 0.1) is 11.4 Å². The molecule has 150 valence electrons. The topological polar surface area (TPSA) is 53.3 Å². The minimum atomic E-state index is 0.882. The molecule has 0 N–H and O–H groups in total. The number of aromatic nitrogens is 4. The van der Waals surface area contributed by atoms with Gasteiger partial charge in [-0.05, 0) is 44.6 Å². The van der Waals surface area contributed by atoms with Crippen molar-refractivity contribution >= 4 is 11.6 Å². The van der Waals surface area contributed by atoms with Crippen LogP contribution < -0.4 is 9.80 Å². The van der Waals surface area contributed by atoms with Crippen molar-refractivity contribution in [3.63, 3.8) is 0 Å². The van der Waals surface area contributed by atoms with Crippen LogP contribution in [0.4, 0.5) is 11.6 Å². The molecule has 28 heavy (non-hydrogen) atoms. The van der Waals surface area contributed by atoms with Gasteiger partial charge in [-0.1, -0.05) is 0 Å². The summed E-state index contributed by atoms with van der Waals surface area (Å²) in [4.78, 5) is 16.8. The van der Waals surface area contributed by atoms with Crippen molar-refractivity contribution in [2.45, 2.75) is 45.6 Å². The molecule has 3 aliphatic rings. The van der Waals surface area contributed by atoms with Gasteiger partial charge in [0.1, 0.15) is 17.5 Å². The van der Waals surface area contributed by atoms with Crippen molar-refractivity contribution in [3.8, 4) is 0 Å². The van der Waals surface area contributed by atoms with Crippen LogP contribution in [0.1, 0.15) is 42.0 Å². The number of aryl methyl sites for hydroxylation is 3. The molecule has 2 fully saturated rings. The Kier molecular flexibility index (Phi) is 4.70. The van der Waals surface area contributed by atoms with Crippen LogP contribution in [0.15, 0.2) is 6.07 Å². The van der Waals surface area contributed by atoms with Crippen LogP contribution in [0.3, 0.4) is 0 Å². The van der Waals surface area contributed by atoms with Crippen LogP contribution in [0.2, 0.25) is 0 Å². The molecule has 0 saturated carbocycles. The van der Waals surface area contributed by atoms with Crippen molar-refractivity contribution in [3.05, 3.63) is 28.8 Å². The van der Waals surface area contributed by atoms with E-state index in [2.05, 4.69) is 37.5 Å². The zero-order valence-corrected chi connectivity index (χ0v) is 17.2. The predicted molar refractivity (Wildman–Crippen MR) is 111 cm³/mol. The highest BCUT2D eigenvalue weighted by Crippen LogP contribution is 2.27. The van der Waals surface area contributed by atoms with Crippen LogP contribution in [0, 0.1) is 6.92 Å². The van der Waals surface area contributed by atoms with E-state index in [1.807, 2.05) is 6.92 Å². The van der Waals surface area contributed by atoms with E-state index in [1.54, 1.807) is 0 Å². The average molecular weight is 382 g/mol. The molecule has 0 radical (unpaired) electrons. The van der Waals surface area contributed by atoms with Gasteiger partial charge < -0.3 is 9.80 Å². The van der Waals surface area contributed by atoms with Crippen molar-refractivity contribution in [1.82, 2.24) is 24.6 Å². The third-order valence-corrected chi connectivity index (χ3v) is 6.51. The van der Waals surface area contributed by atoms with Gasteiger partial charge in [0.25, 0.3) is 0 Å². The molecular formula is C21H31N7. The maximum absolute atomic E-state index is 4.75. The summed E-state index contributed by atoms with van der Waals surface area (Å²) in [6.45, 7) is 9.48. The first-order chi connectivity index (χ1) is 13.7. The number of rotatable bonds is 4. The quantitative estimate of drug-likeness (QED) is 0.807. The summed E-state index contributed by atoms with van der Waals surface area (Å²) in [5.74, 6) is 3.08. The zero-order chi connectivity index (χ0) is 19.1. The SMILES string of the molecule is Cc1nc(N2CCCC2)cc(N2CCN(Cc3c4c(nn3C)CCC4)CC2)n1. The summed E-state index contributed by atoms with van der Waals surface area (Å²) in [5.41, 5.74) is 4.28. The normalized spacial score (nSPS) is 20.2. The first-order valence-electron chi connectivity index (χ1n) is 10.8. The van der Waals surface area contributed by atoms with Gasteiger partial charge in [0.2, 0.25) is 0 Å². The van der Waals surface area contributed by atoms with Gasteiger partial charge in [-0.25, -0.2) is 9.97 Å². The fourth-order valence-corrected chi connectivity index (χ4v) is 4.94. The average Bonchev–Trinajstić information content (AvgIpc) is 3.42. The number of nitrogens with zero attached hydrogens (tertiary/aromatic N) is 7. The Morgan fingerprint density at radius 3 is 2.25 bits per heavy atom. The highest BCUT2D eigenvalue weighted by molar-refractivity contribution is 5.51. The fourth-order valence-electron chi connectivity index (χ4n) is 4.94. The van der Waals surface area contributed by atoms with E-state index in [4.69, 9.17) is 10.1 Å². The molecule has 5 rings (SSSR count). The van der Waals surface area contributed by atoms with Crippen molar-refractivity contribution in [1.29, 1.82) is 0 Å². The highest BCUT2D eigenvalue weighted by atomic mass is 15.3. The molecule has 1 aliphatic carbocycles. The van der Waals surface area contributed by atoms with E-state index < -0.39 is 0 Å². The summed E-state index contributed by atoms with van der Waals surface area (Å²) in [5, 5.41) is 4.73. The monoisotopic (exact) mass is 381 g/mol. The summed E-state index contributed by atoms with van der Waals surface area (Å²) < 4.78 is 2.12. The van der Waals surface area contributed by atoms with Crippen molar-refractivity contribution in [2.75, 3.05) is 49.1 Å². The van der Waals surface area contributed by atoms with Crippen molar-refractivity contribution < 1.29 is 0 Å².